The third-order valence-electron chi connectivity index (χ3n) is 4.33. The number of fused-ring (bicyclic) bond motifs is 1. The number of benzene rings is 2. The van der Waals surface area contributed by atoms with Gasteiger partial charge in [0.1, 0.15) is 17.3 Å². The van der Waals surface area contributed by atoms with Gasteiger partial charge in [-0.25, -0.2) is 4.68 Å². The number of aromatic nitrogens is 2. The average molecular weight is 375 g/mol. The molecule has 1 N–H and O–H groups in total. The lowest BCUT2D eigenvalue weighted by Crippen LogP contribution is -2.17. The normalized spacial score (nSPS) is 13.2. The molecule has 0 aliphatic carbocycles. The van der Waals surface area contributed by atoms with Gasteiger partial charge in [-0.15, -0.1) is 13.2 Å². The van der Waals surface area contributed by atoms with Gasteiger partial charge >= 0.3 is 6.36 Å². The molecule has 5 nitrogen and oxygen atoms in total. The molecule has 0 radical (unpaired) electrons. The summed E-state index contributed by atoms with van der Waals surface area (Å²) >= 11 is 0. The van der Waals surface area contributed by atoms with E-state index < -0.39 is 6.36 Å². The van der Waals surface area contributed by atoms with E-state index in [0.717, 1.165) is 41.4 Å². The largest absolute Gasteiger partial charge is 0.573 e. The third kappa shape index (κ3) is 3.42. The number of nitrogens with zero attached hydrogens (tertiary/aromatic N) is 2. The van der Waals surface area contributed by atoms with Crippen molar-refractivity contribution in [3.63, 3.8) is 0 Å². The van der Waals surface area contributed by atoms with Gasteiger partial charge in [0.2, 0.25) is 0 Å². The number of methoxy groups -OCH3 is 1. The van der Waals surface area contributed by atoms with E-state index in [1.165, 1.54) is 12.1 Å². The van der Waals surface area contributed by atoms with Crippen LogP contribution in [0.2, 0.25) is 0 Å². The summed E-state index contributed by atoms with van der Waals surface area (Å²) < 4.78 is 47.8. The minimum atomic E-state index is -4.71. The number of nitrogens with one attached hydrogen (secondary N) is 1. The van der Waals surface area contributed by atoms with Crippen molar-refractivity contribution in [1.82, 2.24) is 9.78 Å². The van der Waals surface area contributed by atoms with Crippen molar-refractivity contribution >= 4 is 5.82 Å². The summed E-state index contributed by atoms with van der Waals surface area (Å²) in [6, 6.07) is 13.3. The van der Waals surface area contributed by atoms with Crippen molar-refractivity contribution < 1.29 is 22.6 Å². The van der Waals surface area contributed by atoms with E-state index in [9.17, 15) is 13.2 Å². The molecule has 8 heteroatoms. The van der Waals surface area contributed by atoms with Crippen molar-refractivity contribution in [2.45, 2.75) is 12.8 Å². The quantitative estimate of drug-likeness (QED) is 0.734. The zero-order valence-electron chi connectivity index (χ0n) is 14.4. The predicted molar refractivity (Wildman–Crippen MR) is 94.4 cm³/mol. The molecule has 0 unspecified atom stereocenters. The lowest BCUT2D eigenvalue weighted by atomic mass is 10.1. The summed E-state index contributed by atoms with van der Waals surface area (Å²) in [4.78, 5) is 0. The van der Waals surface area contributed by atoms with E-state index in [-0.39, 0.29) is 5.75 Å². The fourth-order valence-corrected chi connectivity index (χ4v) is 3.13. The van der Waals surface area contributed by atoms with Crippen LogP contribution in [0.3, 0.4) is 0 Å². The van der Waals surface area contributed by atoms with Crippen LogP contribution in [0.15, 0.2) is 48.5 Å². The SMILES string of the molecule is COc1ccc(-c2nn(-c3ccc(OC(F)(F)F)cc3)c3c2CCN3)cc1. The molecule has 4 rings (SSSR count). The molecular formula is C19H16F3N3O2. The fourth-order valence-electron chi connectivity index (χ4n) is 3.13. The monoisotopic (exact) mass is 375 g/mol. The molecule has 1 aliphatic rings. The molecule has 0 bridgehead atoms. The number of ether oxygens (including phenoxy) is 2. The van der Waals surface area contributed by atoms with Crippen LogP contribution in [0.25, 0.3) is 16.9 Å². The van der Waals surface area contributed by atoms with Crippen LogP contribution in [0, 0.1) is 0 Å². The zero-order valence-corrected chi connectivity index (χ0v) is 14.4. The molecular weight excluding hydrogens is 359 g/mol. The standard InChI is InChI=1S/C19H16F3N3O2/c1-26-14-6-2-12(3-7-14)17-16-10-11-23-18(16)25(24-17)13-4-8-15(9-5-13)27-19(20,21)22/h2-9,23H,10-11H2,1H3. The van der Waals surface area contributed by atoms with E-state index in [4.69, 9.17) is 4.74 Å². The van der Waals surface area contributed by atoms with E-state index in [0.29, 0.717) is 5.69 Å². The summed E-state index contributed by atoms with van der Waals surface area (Å²) in [6.07, 6.45) is -3.89. The van der Waals surface area contributed by atoms with Gasteiger partial charge in [0.05, 0.1) is 18.5 Å². The molecule has 0 saturated carbocycles. The smallest absolute Gasteiger partial charge is 0.497 e. The second-order valence-corrected chi connectivity index (χ2v) is 6.03. The number of hydrogen-bond donors (Lipinski definition) is 1. The molecule has 27 heavy (non-hydrogen) atoms. The number of hydrogen-bond acceptors (Lipinski definition) is 4. The Kier molecular flexibility index (Phi) is 4.18. The lowest BCUT2D eigenvalue weighted by molar-refractivity contribution is -0.274. The molecule has 2 aromatic carbocycles. The Balaban J connectivity index is 1.70. The summed E-state index contributed by atoms with van der Waals surface area (Å²) in [7, 11) is 1.61. The minimum absolute atomic E-state index is 0.265. The maximum absolute atomic E-state index is 12.3. The van der Waals surface area contributed by atoms with Crippen LogP contribution in [0.1, 0.15) is 5.56 Å². The van der Waals surface area contributed by atoms with Gasteiger partial charge in [-0.2, -0.15) is 5.10 Å². The second-order valence-electron chi connectivity index (χ2n) is 6.03. The molecule has 1 aliphatic heterocycles. The Labute approximate surface area is 153 Å². The third-order valence-corrected chi connectivity index (χ3v) is 4.33. The molecule has 1 aromatic heterocycles. The van der Waals surface area contributed by atoms with E-state index in [1.807, 2.05) is 24.3 Å². The van der Waals surface area contributed by atoms with Crippen LogP contribution in [-0.2, 0) is 6.42 Å². The molecule has 0 saturated heterocycles. The van der Waals surface area contributed by atoms with Gasteiger partial charge in [-0.3, -0.25) is 0 Å². The highest BCUT2D eigenvalue weighted by Gasteiger charge is 2.31. The topological polar surface area (TPSA) is 48.3 Å². The molecule has 0 atom stereocenters. The van der Waals surface area contributed by atoms with Crippen LogP contribution >= 0.6 is 0 Å². The Morgan fingerprint density at radius 1 is 1.00 bits per heavy atom. The summed E-state index contributed by atoms with van der Waals surface area (Å²) in [5.41, 5.74) is 3.52. The van der Waals surface area contributed by atoms with Gasteiger partial charge in [0.25, 0.3) is 0 Å². The van der Waals surface area contributed by atoms with Crippen LogP contribution in [0.4, 0.5) is 19.0 Å². The van der Waals surface area contributed by atoms with Gasteiger partial charge in [-0.1, -0.05) is 0 Å². The first-order valence-electron chi connectivity index (χ1n) is 8.31. The van der Waals surface area contributed by atoms with Crippen molar-refractivity contribution in [1.29, 1.82) is 0 Å². The summed E-state index contributed by atoms with van der Waals surface area (Å²) in [5, 5.41) is 7.98. The molecule has 2 heterocycles. The highest BCUT2D eigenvalue weighted by molar-refractivity contribution is 5.73. The summed E-state index contributed by atoms with van der Waals surface area (Å²) in [5.74, 6) is 1.34. The van der Waals surface area contributed by atoms with Crippen molar-refractivity contribution in [3.8, 4) is 28.4 Å². The van der Waals surface area contributed by atoms with E-state index in [1.54, 1.807) is 23.9 Å². The van der Waals surface area contributed by atoms with Crippen molar-refractivity contribution in [2.24, 2.45) is 0 Å². The first kappa shape index (κ1) is 17.3. The highest BCUT2D eigenvalue weighted by Crippen LogP contribution is 2.35. The van der Waals surface area contributed by atoms with Gasteiger partial charge < -0.3 is 14.8 Å². The Morgan fingerprint density at radius 3 is 2.30 bits per heavy atom. The average Bonchev–Trinajstić information content (AvgIpc) is 3.24. The molecule has 3 aromatic rings. The maximum Gasteiger partial charge on any atom is 0.573 e. The molecule has 140 valence electrons. The number of halogens is 3. The minimum Gasteiger partial charge on any atom is -0.497 e. The van der Waals surface area contributed by atoms with Crippen LogP contribution in [-0.4, -0.2) is 29.8 Å². The Bertz CT molecular complexity index is 948. The second kappa shape index (κ2) is 6.53. The van der Waals surface area contributed by atoms with Crippen molar-refractivity contribution in [3.05, 3.63) is 54.1 Å². The Morgan fingerprint density at radius 2 is 1.67 bits per heavy atom. The first-order chi connectivity index (χ1) is 12.9. The first-order valence-corrected chi connectivity index (χ1v) is 8.31. The summed E-state index contributed by atoms with van der Waals surface area (Å²) in [6.45, 7) is 0.783. The van der Waals surface area contributed by atoms with Crippen LogP contribution in [0.5, 0.6) is 11.5 Å². The van der Waals surface area contributed by atoms with Crippen molar-refractivity contribution in [2.75, 3.05) is 19.0 Å². The van der Waals surface area contributed by atoms with Gasteiger partial charge in [-0.05, 0) is 55.0 Å². The van der Waals surface area contributed by atoms with Crippen LogP contribution < -0.4 is 14.8 Å². The van der Waals surface area contributed by atoms with Gasteiger partial charge in [0, 0.05) is 17.7 Å². The molecule has 0 amide bonds. The van der Waals surface area contributed by atoms with Gasteiger partial charge in [0.15, 0.2) is 0 Å². The predicted octanol–water partition coefficient (Wildman–Crippen LogP) is 4.41. The molecule has 0 spiro atoms. The Hall–Kier alpha value is -3.16. The fraction of sp³-hybridized carbons (Fsp3) is 0.211. The van der Waals surface area contributed by atoms with E-state index in [2.05, 4.69) is 15.2 Å². The number of rotatable bonds is 4. The maximum atomic E-state index is 12.3. The highest BCUT2D eigenvalue weighted by atomic mass is 19.4. The van der Waals surface area contributed by atoms with E-state index >= 15 is 0 Å². The molecule has 0 fully saturated rings. The lowest BCUT2D eigenvalue weighted by Gasteiger charge is -2.10. The number of alkyl halides is 3. The zero-order chi connectivity index (χ0) is 19.0. The number of anilines is 1.